The van der Waals surface area contributed by atoms with Crippen LogP contribution in [-0.4, -0.2) is 27.7 Å². The monoisotopic (exact) mass is 199 g/mol. The molecular formula is C8H6ClNO3. The number of halogens is 1. The van der Waals surface area contributed by atoms with E-state index in [1.807, 2.05) is 0 Å². The average Bonchev–Trinajstić information content (AvgIpc) is 2.09. The van der Waals surface area contributed by atoms with Crippen LogP contribution in [0.5, 0.6) is 0 Å². The standard InChI is InChI=1S/C8H6ClNO3/c9-7(4-10)3-5-1-2-8(7,12)6(11)13-5/h1-2,5,12H,3H2. The van der Waals surface area contributed by atoms with Crippen molar-refractivity contribution in [2.45, 2.75) is 23.0 Å². The summed E-state index contributed by atoms with van der Waals surface area (Å²) in [4.78, 5) is 9.61. The first-order valence-electron chi connectivity index (χ1n) is 3.75. The molecule has 0 amide bonds. The van der Waals surface area contributed by atoms with Crippen LogP contribution in [-0.2, 0) is 9.53 Å². The number of fused-ring (bicyclic) bond motifs is 2. The lowest BCUT2D eigenvalue weighted by molar-refractivity contribution is -0.178. The molecule has 0 radical (unpaired) electrons. The summed E-state index contributed by atoms with van der Waals surface area (Å²) in [6, 6.07) is 1.75. The summed E-state index contributed by atoms with van der Waals surface area (Å²) in [5.74, 6) is -0.845. The number of ether oxygens (including phenoxy) is 1. The van der Waals surface area contributed by atoms with Gasteiger partial charge in [0.1, 0.15) is 6.10 Å². The molecule has 3 rings (SSSR count). The van der Waals surface area contributed by atoms with Gasteiger partial charge in [0.15, 0.2) is 4.87 Å². The first-order valence-corrected chi connectivity index (χ1v) is 4.13. The van der Waals surface area contributed by atoms with Crippen LogP contribution in [0, 0.1) is 11.3 Å². The van der Waals surface area contributed by atoms with Crippen molar-refractivity contribution < 1.29 is 14.6 Å². The van der Waals surface area contributed by atoms with Gasteiger partial charge >= 0.3 is 5.97 Å². The number of nitriles is 1. The van der Waals surface area contributed by atoms with Crippen LogP contribution in [0.1, 0.15) is 6.42 Å². The van der Waals surface area contributed by atoms with E-state index in [0.717, 1.165) is 0 Å². The van der Waals surface area contributed by atoms with E-state index in [2.05, 4.69) is 0 Å². The van der Waals surface area contributed by atoms with Crippen molar-refractivity contribution in [2.24, 2.45) is 0 Å². The Bertz CT molecular complexity index is 348. The van der Waals surface area contributed by atoms with E-state index < -0.39 is 22.5 Å². The fourth-order valence-corrected chi connectivity index (χ4v) is 1.84. The van der Waals surface area contributed by atoms with Crippen molar-refractivity contribution in [1.82, 2.24) is 0 Å². The van der Waals surface area contributed by atoms with Crippen molar-refractivity contribution in [1.29, 1.82) is 5.26 Å². The molecule has 0 saturated carbocycles. The number of hydrogen-bond donors (Lipinski definition) is 1. The number of aliphatic hydroxyl groups is 1. The third kappa shape index (κ3) is 0.859. The maximum absolute atomic E-state index is 11.2. The van der Waals surface area contributed by atoms with Gasteiger partial charge in [-0.2, -0.15) is 5.26 Å². The molecule has 2 heterocycles. The zero-order valence-electron chi connectivity index (χ0n) is 6.53. The number of carbonyl (C=O) groups excluding carboxylic acids is 1. The molecule has 3 aliphatic rings. The van der Waals surface area contributed by atoms with Gasteiger partial charge in [0.25, 0.3) is 0 Å². The van der Waals surface area contributed by atoms with Crippen LogP contribution < -0.4 is 0 Å². The molecule has 68 valence electrons. The van der Waals surface area contributed by atoms with Crippen LogP contribution in [0.3, 0.4) is 0 Å². The minimum atomic E-state index is -1.99. The minimum absolute atomic E-state index is 0.129. The molecule has 1 aliphatic carbocycles. The van der Waals surface area contributed by atoms with Gasteiger partial charge in [-0.15, -0.1) is 0 Å². The fraction of sp³-hybridized carbons (Fsp3) is 0.500. The summed E-state index contributed by atoms with van der Waals surface area (Å²) < 4.78 is 4.77. The Morgan fingerprint density at radius 1 is 1.85 bits per heavy atom. The van der Waals surface area contributed by atoms with Crippen LogP contribution >= 0.6 is 11.6 Å². The number of esters is 1. The third-order valence-corrected chi connectivity index (χ3v) is 2.91. The predicted molar refractivity (Wildman–Crippen MR) is 42.8 cm³/mol. The summed E-state index contributed by atoms with van der Waals surface area (Å²) in [7, 11) is 0. The fourth-order valence-electron chi connectivity index (χ4n) is 1.55. The number of rotatable bonds is 0. The largest absolute Gasteiger partial charge is 0.456 e. The Labute approximate surface area is 79.4 Å². The summed E-state index contributed by atoms with van der Waals surface area (Å²) in [6.45, 7) is 0. The van der Waals surface area contributed by atoms with Gasteiger partial charge in [0, 0.05) is 6.42 Å². The molecule has 5 heteroatoms. The first-order chi connectivity index (χ1) is 6.02. The molecule has 3 unspecified atom stereocenters. The summed E-state index contributed by atoms with van der Waals surface area (Å²) in [5.41, 5.74) is -1.99. The van der Waals surface area contributed by atoms with E-state index in [4.69, 9.17) is 21.6 Å². The minimum Gasteiger partial charge on any atom is -0.456 e. The normalized spacial score (nSPS) is 47.2. The molecule has 0 aromatic carbocycles. The molecule has 4 nitrogen and oxygen atoms in total. The smallest absolute Gasteiger partial charge is 0.345 e. The molecule has 0 aromatic rings. The number of hydrogen-bond acceptors (Lipinski definition) is 4. The van der Waals surface area contributed by atoms with Gasteiger partial charge in [-0.05, 0) is 12.2 Å². The van der Waals surface area contributed by atoms with Crippen molar-refractivity contribution in [3.05, 3.63) is 12.2 Å². The lowest BCUT2D eigenvalue weighted by Crippen LogP contribution is -2.63. The topological polar surface area (TPSA) is 70.3 Å². The molecule has 2 bridgehead atoms. The molecular weight excluding hydrogens is 194 g/mol. The maximum Gasteiger partial charge on any atom is 0.345 e. The molecule has 0 aromatic heterocycles. The van der Waals surface area contributed by atoms with E-state index in [-0.39, 0.29) is 6.42 Å². The van der Waals surface area contributed by atoms with Crippen molar-refractivity contribution in [3.8, 4) is 6.07 Å². The van der Waals surface area contributed by atoms with Gasteiger partial charge in [0.05, 0.1) is 6.07 Å². The zero-order valence-corrected chi connectivity index (χ0v) is 7.28. The molecule has 2 aliphatic heterocycles. The van der Waals surface area contributed by atoms with Gasteiger partial charge in [-0.25, -0.2) is 4.79 Å². The van der Waals surface area contributed by atoms with Gasteiger partial charge in [-0.3, -0.25) is 0 Å². The van der Waals surface area contributed by atoms with E-state index in [9.17, 15) is 9.90 Å². The van der Waals surface area contributed by atoms with Gasteiger partial charge in [-0.1, -0.05) is 11.6 Å². The van der Waals surface area contributed by atoms with Gasteiger partial charge in [0.2, 0.25) is 5.60 Å². The highest BCUT2D eigenvalue weighted by molar-refractivity contribution is 6.29. The van der Waals surface area contributed by atoms with E-state index in [1.54, 1.807) is 12.1 Å². The zero-order chi connectivity index (χ0) is 9.69. The maximum atomic E-state index is 11.2. The van der Waals surface area contributed by atoms with Crippen molar-refractivity contribution in [3.63, 3.8) is 0 Å². The molecule has 1 N–H and O–H groups in total. The lowest BCUT2D eigenvalue weighted by Gasteiger charge is -2.44. The molecule has 1 fully saturated rings. The Morgan fingerprint density at radius 2 is 2.54 bits per heavy atom. The van der Waals surface area contributed by atoms with Crippen LogP contribution in [0.25, 0.3) is 0 Å². The third-order valence-electron chi connectivity index (χ3n) is 2.39. The highest BCUT2D eigenvalue weighted by Crippen LogP contribution is 2.44. The van der Waals surface area contributed by atoms with E-state index in [1.165, 1.54) is 6.08 Å². The molecule has 3 atom stereocenters. The highest BCUT2D eigenvalue weighted by atomic mass is 35.5. The molecule has 13 heavy (non-hydrogen) atoms. The summed E-state index contributed by atoms with van der Waals surface area (Å²) in [6.07, 6.45) is 2.42. The summed E-state index contributed by atoms with van der Waals surface area (Å²) in [5, 5.41) is 18.6. The van der Waals surface area contributed by atoms with E-state index >= 15 is 0 Å². The number of alkyl halides is 1. The lowest BCUT2D eigenvalue weighted by atomic mass is 9.76. The Balaban J connectivity index is 2.55. The molecule has 0 spiro atoms. The van der Waals surface area contributed by atoms with Crippen molar-refractivity contribution >= 4 is 17.6 Å². The van der Waals surface area contributed by atoms with Gasteiger partial charge < -0.3 is 9.84 Å². The highest BCUT2D eigenvalue weighted by Gasteiger charge is 2.62. The summed E-state index contributed by atoms with van der Waals surface area (Å²) >= 11 is 5.83. The Morgan fingerprint density at radius 3 is 3.00 bits per heavy atom. The number of carbonyl (C=O) groups is 1. The number of nitrogens with zero attached hydrogens (tertiary/aromatic N) is 1. The molecule has 1 saturated heterocycles. The van der Waals surface area contributed by atoms with E-state index in [0.29, 0.717) is 0 Å². The average molecular weight is 200 g/mol. The van der Waals surface area contributed by atoms with Crippen LogP contribution in [0.2, 0.25) is 0 Å². The van der Waals surface area contributed by atoms with Crippen LogP contribution in [0.15, 0.2) is 12.2 Å². The van der Waals surface area contributed by atoms with Crippen molar-refractivity contribution in [2.75, 3.05) is 0 Å². The van der Waals surface area contributed by atoms with Crippen LogP contribution in [0.4, 0.5) is 0 Å². The second-order valence-electron chi connectivity index (χ2n) is 3.19. The Hall–Kier alpha value is -1.05. The quantitative estimate of drug-likeness (QED) is 0.341. The first kappa shape index (κ1) is 8.54. The second kappa shape index (κ2) is 2.25. The predicted octanol–water partition coefficient (Wildman–Crippen LogP) is 0.104. The SMILES string of the molecule is N#CC1(Cl)CC2C=CC1(O)C(=O)O2. The Kier molecular flexibility index (Phi) is 1.48. The second-order valence-corrected chi connectivity index (χ2v) is 3.83.